The molecule has 5 amide bonds. The van der Waals surface area contributed by atoms with Crippen LogP contribution in [-0.4, -0.2) is 104 Å². The predicted octanol–water partition coefficient (Wildman–Crippen LogP) is 0.788. The Labute approximate surface area is 303 Å². The van der Waals surface area contributed by atoms with Gasteiger partial charge in [0.25, 0.3) is 0 Å². The Kier molecular flexibility index (Phi) is 15.0. The average molecular weight is 731 g/mol. The number of nitrogens with zero attached hydrogens (tertiary/aromatic N) is 1. The van der Waals surface area contributed by atoms with Gasteiger partial charge < -0.3 is 47.2 Å². The highest BCUT2D eigenvalue weighted by atomic mass is 16.4. The molecule has 52 heavy (non-hydrogen) atoms. The van der Waals surface area contributed by atoms with Crippen LogP contribution < -0.4 is 27.0 Å². The van der Waals surface area contributed by atoms with E-state index in [1.54, 1.807) is 32.9 Å². The van der Waals surface area contributed by atoms with Crippen molar-refractivity contribution < 1.29 is 48.9 Å². The molecule has 0 aromatic heterocycles. The van der Waals surface area contributed by atoms with Crippen molar-refractivity contribution in [2.75, 3.05) is 6.54 Å². The number of carboxylic acids is 2. The molecule has 2 fully saturated rings. The fourth-order valence-electron chi connectivity index (χ4n) is 6.60. The van der Waals surface area contributed by atoms with E-state index >= 15 is 0 Å². The van der Waals surface area contributed by atoms with Crippen molar-refractivity contribution in [3.63, 3.8) is 0 Å². The van der Waals surface area contributed by atoms with E-state index < -0.39 is 89.6 Å². The van der Waals surface area contributed by atoms with Crippen LogP contribution in [0, 0.1) is 11.8 Å². The van der Waals surface area contributed by atoms with Gasteiger partial charge >= 0.3 is 11.9 Å². The van der Waals surface area contributed by atoms with Crippen LogP contribution in [0.15, 0.2) is 24.3 Å². The number of hydrogen-bond donors (Lipinski definition) is 8. The zero-order valence-electron chi connectivity index (χ0n) is 30.4. The number of aromatic hydroxyl groups is 1. The van der Waals surface area contributed by atoms with Crippen molar-refractivity contribution in [3.8, 4) is 5.75 Å². The van der Waals surface area contributed by atoms with Crippen LogP contribution >= 0.6 is 0 Å². The first-order valence-electron chi connectivity index (χ1n) is 18.0. The molecule has 6 atom stereocenters. The van der Waals surface area contributed by atoms with E-state index in [0.29, 0.717) is 31.2 Å². The molecular weight excluding hydrogens is 676 g/mol. The molecule has 0 unspecified atom stereocenters. The maximum atomic E-state index is 14.2. The first-order valence-corrected chi connectivity index (χ1v) is 18.0. The molecule has 2 aliphatic rings. The van der Waals surface area contributed by atoms with E-state index in [2.05, 4.69) is 21.3 Å². The summed E-state index contributed by atoms with van der Waals surface area (Å²) in [6.45, 7) is 7.29. The Morgan fingerprint density at radius 2 is 1.54 bits per heavy atom. The molecular formula is C36H54N6O10. The molecule has 1 saturated carbocycles. The summed E-state index contributed by atoms with van der Waals surface area (Å²) in [5.41, 5.74) is 5.09. The molecule has 0 bridgehead atoms. The number of likely N-dealkylation sites (tertiary alicyclic amines) is 1. The molecule has 0 spiro atoms. The molecule has 16 nitrogen and oxygen atoms in total. The van der Waals surface area contributed by atoms with Gasteiger partial charge in [-0.05, 0) is 61.6 Å². The molecule has 1 aromatic rings. The van der Waals surface area contributed by atoms with Gasteiger partial charge in [0.1, 0.15) is 35.5 Å². The van der Waals surface area contributed by atoms with Crippen molar-refractivity contribution in [3.05, 3.63) is 29.8 Å². The summed E-state index contributed by atoms with van der Waals surface area (Å²) < 4.78 is 0. The first-order chi connectivity index (χ1) is 24.5. The first kappa shape index (κ1) is 41.7. The molecule has 9 N–H and O–H groups in total. The number of nitrogens with two attached hydrogens (primary N) is 1. The van der Waals surface area contributed by atoms with E-state index in [0.717, 1.165) is 0 Å². The van der Waals surface area contributed by atoms with Crippen molar-refractivity contribution >= 4 is 41.5 Å². The lowest BCUT2D eigenvalue weighted by atomic mass is 9.92. The van der Waals surface area contributed by atoms with Crippen LogP contribution in [0.3, 0.4) is 0 Å². The van der Waals surface area contributed by atoms with Gasteiger partial charge in [0.15, 0.2) is 0 Å². The zero-order valence-corrected chi connectivity index (χ0v) is 30.4. The summed E-state index contributed by atoms with van der Waals surface area (Å²) in [6.07, 6.45) is 2.19. The third kappa shape index (κ3) is 10.9. The van der Waals surface area contributed by atoms with E-state index in [9.17, 15) is 48.9 Å². The standard InChI is InChI=1S/C36H54N6O10/c1-5-21(4)29(33(49)42-18-8-9-26(42)31(47)39-25(34(50)51)19-22-10-12-23(43)13-11-22)40-35(52)36(16-6-7-17-36)41-30(46)24(14-15-27(44)45)38-32(48)28(37)20(2)3/h10-13,20-21,24-26,28-29,43H,5-9,14-19,37H2,1-4H3,(H,38,48)(H,39,47)(H,40,52)(H,41,46)(H,44,45)(H,50,51)/t21-,24-,25-,26+,28+,29-/m1/s1. The molecule has 0 radical (unpaired) electrons. The Balaban J connectivity index is 1.79. The third-order valence-electron chi connectivity index (χ3n) is 10.1. The van der Waals surface area contributed by atoms with Crippen molar-refractivity contribution in [1.29, 1.82) is 0 Å². The van der Waals surface area contributed by atoms with Gasteiger partial charge in [-0.1, -0.05) is 59.1 Å². The zero-order chi connectivity index (χ0) is 38.7. The second-order valence-electron chi connectivity index (χ2n) is 14.3. The van der Waals surface area contributed by atoms with Crippen LogP contribution in [0.5, 0.6) is 5.75 Å². The maximum Gasteiger partial charge on any atom is 0.326 e. The molecule has 1 aliphatic carbocycles. The van der Waals surface area contributed by atoms with Gasteiger partial charge in [0.05, 0.1) is 6.04 Å². The lowest BCUT2D eigenvalue weighted by Gasteiger charge is -2.36. The molecule has 1 aliphatic heterocycles. The molecule has 1 aromatic carbocycles. The number of carbonyl (C=O) groups is 7. The summed E-state index contributed by atoms with van der Waals surface area (Å²) in [5, 5.41) is 39.4. The van der Waals surface area contributed by atoms with E-state index in [1.165, 1.54) is 17.0 Å². The molecule has 16 heteroatoms. The quantitative estimate of drug-likeness (QED) is 0.105. The second-order valence-corrected chi connectivity index (χ2v) is 14.3. The van der Waals surface area contributed by atoms with Crippen molar-refractivity contribution in [1.82, 2.24) is 26.2 Å². The number of amides is 5. The Morgan fingerprint density at radius 3 is 2.10 bits per heavy atom. The lowest BCUT2D eigenvalue weighted by Crippen LogP contribution is -2.65. The molecule has 1 heterocycles. The Hall–Kier alpha value is -4.73. The van der Waals surface area contributed by atoms with Gasteiger partial charge in [-0.15, -0.1) is 0 Å². The molecule has 1 saturated heterocycles. The monoisotopic (exact) mass is 730 g/mol. The maximum absolute atomic E-state index is 14.2. The summed E-state index contributed by atoms with van der Waals surface area (Å²) in [5.74, 6) is -6.22. The third-order valence-corrected chi connectivity index (χ3v) is 10.1. The normalized spacial score (nSPS) is 19.5. The summed E-state index contributed by atoms with van der Waals surface area (Å²) >= 11 is 0. The van der Waals surface area contributed by atoms with Gasteiger partial charge in [0.2, 0.25) is 29.5 Å². The topological polar surface area (TPSA) is 258 Å². The van der Waals surface area contributed by atoms with Gasteiger partial charge in [0, 0.05) is 19.4 Å². The number of carbonyl (C=O) groups excluding carboxylic acids is 5. The van der Waals surface area contributed by atoms with E-state index in [-0.39, 0.29) is 50.3 Å². The number of rotatable bonds is 18. The predicted molar refractivity (Wildman–Crippen MR) is 188 cm³/mol. The number of benzene rings is 1. The van der Waals surface area contributed by atoms with Crippen LogP contribution in [0.1, 0.15) is 91.0 Å². The number of phenols is 1. The lowest BCUT2D eigenvalue weighted by molar-refractivity contribution is -0.146. The molecule has 3 rings (SSSR count). The summed E-state index contributed by atoms with van der Waals surface area (Å²) in [4.78, 5) is 93.0. The number of aliphatic carboxylic acids is 2. The van der Waals surface area contributed by atoms with Gasteiger partial charge in [-0.2, -0.15) is 0 Å². The minimum Gasteiger partial charge on any atom is -0.508 e. The summed E-state index contributed by atoms with van der Waals surface area (Å²) in [7, 11) is 0. The fourth-order valence-corrected chi connectivity index (χ4v) is 6.60. The van der Waals surface area contributed by atoms with Crippen LogP contribution in [0.25, 0.3) is 0 Å². The highest BCUT2D eigenvalue weighted by Crippen LogP contribution is 2.31. The summed E-state index contributed by atoms with van der Waals surface area (Å²) in [6, 6.07) is 0.347. The van der Waals surface area contributed by atoms with Crippen LogP contribution in [0.2, 0.25) is 0 Å². The Morgan fingerprint density at radius 1 is 0.904 bits per heavy atom. The van der Waals surface area contributed by atoms with Crippen LogP contribution in [-0.2, 0) is 40.0 Å². The molecule has 288 valence electrons. The van der Waals surface area contributed by atoms with E-state index in [4.69, 9.17) is 5.73 Å². The second kappa shape index (κ2) is 18.7. The van der Waals surface area contributed by atoms with Crippen LogP contribution in [0.4, 0.5) is 0 Å². The minimum absolute atomic E-state index is 0.0136. The van der Waals surface area contributed by atoms with E-state index in [1.807, 2.05) is 6.92 Å². The van der Waals surface area contributed by atoms with Gasteiger partial charge in [-0.3, -0.25) is 28.8 Å². The number of hydrogen-bond acceptors (Lipinski definition) is 9. The number of phenolic OH excluding ortho intramolecular Hbond substituents is 1. The average Bonchev–Trinajstić information content (AvgIpc) is 3.79. The fraction of sp³-hybridized carbons (Fsp3) is 0.639. The Bertz CT molecular complexity index is 1460. The SMILES string of the molecule is CC[C@@H](C)[C@@H](NC(=O)C1(NC(=O)[C@@H](CCC(=O)O)NC(=O)[C@@H](N)C(C)C)CCCC1)C(=O)N1CCC[C@H]1C(=O)N[C@H](Cc1ccc(O)cc1)C(=O)O. The van der Waals surface area contributed by atoms with Gasteiger partial charge in [-0.25, -0.2) is 4.79 Å². The highest BCUT2D eigenvalue weighted by molar-refractivity contribution is 5.98. The van der Waals surface area contributed by atoms with Crippen molar-refractivity contribution in [2.45, 2.75) is 128 Å². The number of carboxylic acid groups (broad SMARTS) is 2. The smallest absolute Gasteiger partial charge is 0.326 e. The largest absolute Gasteiger partial charge is 0.508 e. The highest BCUT2D eigenvalue weighted by Gasteiger charge is 2.47. The number of nitrogens with one attached hydrogen (secondary N) is 4. The minimum atomic E-state index is -1.44. The van der Waals surface area contributed by atoms with Crippen molar-refractivity contribution in [2.24, 2.45) is 17.6 Å².